The summed E-state index contributed by atoms with van der Waals surface area (Å²) in [5, 5.41) is 0. The Balaban J connectivity index is 2.74. The molecular weight excluding hydrogens is 200 g/mol. The van der Waals surface area contributed by atoms with Gasteiger partial charge in [-0.2, -0.15) is 7.94 Å². The minimum atomic E-state index is 1.27. The van der Waals surface area contributed by atoms with Crippen LogP contribution in [0, 0.1) is 0 Å². The van der Waals surface area contributed by atoms with E-state index < -0.39 is 0 Å². The summed E-state index contributed by atoms with van der Waals surface area (Å²) in [6.45, 7) is 0. The second-order valence-electron chi connectivity index (χ2n) is 2.62. The fraction of sp³-hybridized carbons (Fsp3) is 0.222. The maximum absolute atomic E-state index is 2.17. The lowest BCUT2D eigenvalue weighted by Gasteiger charge is -1.87. The molecule has 13 heavy (non-hydrogen) atoms. The third-order valence-corrected chi connectivity index (χ3v) is 3.33. The average Bonchev–Trinajstić information content (AvgIpc) is 2.56. The van der Waals surface area contributed by atoms with Crippen LogP contribution in [0.25, 0.3) is 11.0 Å². The molecule has 0 aliphatic heterocycles. The first-order valence-corrected chi connectivity index (χ1v) is 6.34. The van der Waals surface area contributed by atoms with E-state index in [4.69, 9.17) is 0 Å². The Kier molecular flexibility index (Phi) is 2.51. The van der Waals surface area contributed by atoms with E-state index in [-0.39, 0.29) is 0 Å². The quantitative estimate of drug-likeness (QED) is 0.704. The molecule has 0 fully saturated rings. The molecule has 1 aromatic carbocycles. The number of aromatic nitrogens is 2. The van der Waals surface area contributed by atoms with Gasteiger partial charge in [-0.3, -0.25) is 0 Å². The number of benzene rings is 1. The molecule has 4 heteroatoms. The molecule has 0 N–H and O–H groups in total. The topological polar surface area (TPSA) is 8.81 Å². The van der Waals surface area contributed by atoms with Crippen molar-refractivity contribution < 1.29 is 3.97 Å². The summed E-state index contributed by atoms with van der Waals surface area (Å²) in [5.41, 5.74) is 2.54. The summed E-state index contributed by atoms with van der Waals surface area (Å²) in [6.07, 6.45) is 6.27. The number of hydrogen-bond donors (Lipinski definition) is 0. The number of imidazole rings is 1. The lowest BCUT2D eigenvalue weighted by atomic mass is 10.3. The van der Waals surface area contributed by atoms with E-state index in [9.17, 15) is 0 Å². The average molecular weight is 211 g/mol. The van der Waals surface area contributed by atoms with Gasteiger partial charge in [-0.25, -0.2) is 0 Å². The van der Waals surface area contributed by atoms with Gasteiger partial charge in [0.15, 0.2) is 11.0 Å². The van der Waals surface area contributed by atoms with Gasteiger partial charge in [-0.15, -0.1) is 0 Å². The molecule has 2 nitrogen and oxygen atoms in total. The zero-order chi connectivity index (χ0) is 9.26. The molecule has 1 heterocycles. The number of rotatable bonds is 2. The lowest BCUT2D eigenvalue weighted by molar-refractivity contribution is -0.462. The fourth-order valence-corrected chi connectivity index (χ4v) is 2.49. The van der Waals surface area contributed by atoms with Crippen LogP contribution in [-0.4, -0.2) is 16.5 Å². The van der Waals surface area contributed by atoms with Gasteiger partial charge in [0.05, 0.1) is 23.9 Å². The van der Waals surface area contributed by atoms with E-state index in [1.807, 2.05) is 0 Å². The van der Waals surface area contributed by atoms with Gasteiger partial charge in [-0.05, 0) is 12.1 Å². The highest BCUT2D eigenvalue weighted by atomic mass is 32.2. The molecule has 0 atom stereocenters. The molecule has 0 unspecified atom stereocenters. The molecule has 0 amide bonds. The molecule has 0 bridgehead atoms. The number of para-hydroxylation sites is 2. The van der Waals surface area contributed by atoms with Crippen molar-refractivity contribution in [3.8, 4) is 0 Å². The highest BCUT2D eigenvalue weighted by Gasteiger charge is 2.13. The first-order valence-electron chi connectivity index (χ1n) is 3.97. The molecule has 1 aromatic heterocycles. The van der Waals surface area contributed by atoms with Crippen LogP contribution in [-0.2, 0) is 0 Å². The van der Waals surface area contributed by atoms with Crippen LogP contribution in [0.4, 0.5) is 0 Å². The Morgan fingerprint density at radius 3 is 2.69 bits per heavy atom. The van der Waals surface area contributed by atoms with E-state index in [0.29, 0.717) is 0 Å². The van der Waals surface area contributed by atoms with E-state index in [1.54, 1.807) is 23.9 Å². The third-order valence-electron chi connectivity index (χ3n) is 1.96. The zero-order valence-electron chi connectivity index (χ0n) is 7.60. The minimum Gasteiger partial charge on any atom is -0.164 e. The highest BCUT2D eigenvalue weighted by molar-refractivity contribution is 7.97. The van der Waals surface area contributed by atoms with Crippen LogP contribution in [0.15, 0.2) is 30.6 Å². The second kappa shape index (κ2) is 3.64. The van der Waals surface area contributed by atoms with Crippen molar-refractivity contribution in [3.05, 3.63) is 30.6 Å². The minimum absolute atomic E-state index is 1.27. The molecule has 0 radical (unpaired) electrons. The zero-order valence-corrected chi connectivity index (χ0v) is 9.23. The number of hydrogen-bond acceptors (Lipinski definition) is 2. The van der Waals surface area contributed by atoms with Crippen molar-refractivity contribution in [3.63, 3.8) is 0 Å². The molecule has 0 saturated heterocycles. The Morgan fingerprint density at radius 2 is 2.00 bits per heavy atom. The number of nitrogens with zero attached hydrogens (tertiary/aromatic N) is 2. The van der Waals surface area contributed by atoms with Gasteiger partial charge in [0.2, 0.25) is 0 Å². The SMILES string of the molecule is CSn1c[n+](SC)c2ccccc21. The van der Waals surface area contributed by atoms with E-state index >= 15 is 0 Å². The number of fused-ring (bicyclic) bond motifs is 1. The van der Waals surface area contributed by atoms with Crippen molar-refractivity contribution >= 4 is 34.9 Å². The maximum Gasteiger partial charge on any atom is 0.268 e. The van der Waals surface area contributed by atoms with Crippen LogP contribution in [0.5, 0.6) is 0 Å². The van der Waals surface area contributed by atoms with Crippen LogP contribution >= 0.6 is 23.9 Å². The van der Waals surface area contributed by atoms with Crippen LogP contribution in [0.3, 0.4) is 0 Å². The summed E-state index contributed by atoms with van der Waals surface area (Å²) in [5.74, 6) is 0. The van der Waals surface area contributed by atoms with Gasteiger partial charge in [0.25, 0.3) is 6.33 Å². The van der Waals surface area contributed by atoms with Crippen molar-refractivity contribution in [2.75, 3.05) is 12.5 Å². The fourth-order valence-electron chi connectivity index (χ4n) is 1.35. The first kappa shape index (κ1) is 8.97. The van der Waals surface area contributed by atoms with Crippen LogP contribution in [0.1, 0.15) is 0 Å². The standard InChI is InChI=1S/C9H11N2S2/c1-12-10-7-11(13-2)9-6-4-3-5-8(9)10/h3-7H,1-2H3/q+1. The summed E-state index contributed by atoms with van der Waals surface area (Å²) >= 11 is 3.43. The summed E-state index contributed by atoms with van der Waals surface area (Å²) in [4.78, 5) is 0. The molecular formula is C9H11N2S2+. The first-order chi connectivity index (χ1) is 6.36. The predicted octanol–water partition coefficient (Wildman–Crippen LogP) is 2.18. The van der Waals surface area contributed by atoms with E-state index in [0.717, 1.165) is 0 Å². The van der Waals surface area contributed by atoms with Gasteiger partial charge < -0.3 is 0 Å². The lowest BCUT2D eigenvalue weighted by Crippen LogP contribution is -2.21. The van der Waals surface area contributed by atoms with Crippen LogP contribution < -0.4 is 3.97 Å². The molecule has 0 aliphatic rings. The van der Waals surface area contributed by atoms with Crippen LogP contribution in [0.2, 0.25) is 0 Å². The van der Waals surface area contributed by atoms with Crippen molar-refractivity contribution in [2.45, 2.75) is 0 Å². The van der Waals surface area contributed by atoms with Crippen molar-refractivity contribution in [2.24, 2.45) is 0 Å². The van der Waals surface area contributed by atoms with Crippen molar-refractivity contribution in [1.29, 1.82) is 0 Å². The molecule has 2 aromatic rings. The molecule has 0 spiro atoms. The Hall–Kier alpha value is -0.610. The Morgan fingerprint density at radius 1 is 1.23 bits per heavy atom. The highest BCUT2D eigenvalue weighted by Crippen LogP contribution is 2.16. The Labute approximate surface area is 86.2 Å². The van der Waals surface area contributed by atoms with Gasteiger partial charge in [0, 0.05) is 12.5 Å². The largest absolute Gasteiger partial charge is 0.268 e. The summed E-state index contributed by atoms with van der Waals surface area (Å²) in [6, 6.07) is 8.41. The van der Waals surface area contributed by atoms with Gasteiger partial charge in [0.1, 0.15) is 0 Å². The van der Waals surface area contributed by atoms with Gasteiger partial charge in [-0.1, -0.05) is 12.1 Å². The third kappa shape index (κ3) is 1.44. The van der Waals surface area contributed by atoms with Crippen molar-refractivity contribution in [1.82, 2.24) is 3.97 Å². The molecule has 2 rings (SSSR count). The summed E-state index contributed by atoms with van der Waals surface area (Å²) in [7, 11) is 0. The van der Waals surface area contributed by atoms with E-state index in [2.05, 4.69) is 51.0 Å². The predicted molar refractivity (Wildman–Crippen MR) is 60.0 cm³/mol. The molecule has 0 saturated carbocycles. The Bertz CT molecular complexity index is 384. The smallest absolute Gasteiger partial charge is 0.164 e. The molecule has 0 aliphatic carbocycles. The summed E-state index contributed by atoms with van der Waals surface area (Å²) < 4.78 is 4.34. The monoisotopic (exact) mass is 211 g/mol. The van der Waals surface area contributed by atoms with E-state index in [1.165, 1.54) is 11.0 Å². The molecule has 68 valence electrons. The van der Waals surface area contributed by atoms with Gasteiger partial charge >= 0.3 is 0 Å². The second-order valence-corrected chi connectivity index (χ2v) is 4.14. The normalized spacial score (nSPS) is 10.9. The maximum atomic E-state index is 2.17.